The third kappa shape index (κ3) is 3.82. The molecule has 1 rings (SSSR count). The third-order valence-electron chi connectivity index (χ3n) is 3.07. The molecule has 0 aromatic heterocycles. The Kier molecular flexibility index (Phi) is 4.58. The molecular weight excluding hydrogens is 190 g/mol. The molecule has 88 valence electrons. The fraction of sp³-hybridized carbons (Fsp3) is 0.917. The minimum absolute atomic E-state index is 0.223. The zero-order valence-electron chi connectivity index (χ0n) is 10.1. The number of hydrogen-bond donors (Lipinski definition) is 1. The average Bonchev–Trinajstić information content (AvgIpc) is 2.50. The minimum Gasteiger partial charge on any atom is -0.480 e. The van der Waals surface area contributed by atoms with Crippen LogP contribution in [0.3, 0.4) is 0 Å². The van der Waals surface area contributed by atoms with E-state index in [1.54, 1.807) is 0 Å². The van der Waals surface area contributed by atoms with E-state index in [9.17, 15) is 4.79 Å². The van der Waals surface area contributed by atoms with E-state index in [0.717, 1.165) is 25.9 Å². The number of rotatable bonds is 5. The first-order valence-corrected chi connectivity index (χ1v) is 5.97. The Bertz CT molecular complexity index is 216. The lowest BCUT2D eigenvalue weighted by atomic mass is 9.98. The average molecular weight is 213 g/mol. The second-order valence-corrected chi connectivity index (χ2v) is 5.23. The van der Waals surface area contributed by atoms with Crippen molar-refractivity contribution >= 4 is 5.97 Å². The Morgan fingerprint density at radius 2 is 2.13 bits per heavy atom. The lowest BCUT2D eigenvalue weighted by molar-refractivity contribution is -0.142. The van der Waals surface area contributed by atoms with Crippen molar-refractivity contribution < 1.29 is 9.90 Å². The number of carboxylic acids is 1. The molecule has 1 aliphatic heterocycles. The number of nitrogens with zero attached hydrogens (tertiary/aromatic N) is 1. The maximum absolute atomic E-state index is 11.0. The van der Waals surface area contributed by atoms with Gasteiger partial charge >= 0.3 is 5.97 Å². The maximum Gasteiger partial charge on any atom is 0.320 e. The van der Waals surface area contributed by atoms with Crippen molar-refractivity contribution in [1.29, 1.82) is 0 Å². The molecule has 0 aromatic rings. The van der Waals surface area contributed by atoms with E-state index in [-0.39, 0.29) is 6.04 Å². The van der Waals surface area contributed by atoms with Crippen molar-refractivity contribution in [2.75, 3.05) is 13.1 Å². The molecule has 0 spiro atoms. The Balaban J connectivity index is 2.39. The highest BCUT2D eigenvalue weighted by molar-refractivity contribution is 5.73. The van der Waals surface area contributed by atoms with Gasteiger partial charge < -0.3 is 5.11 Å². The normalized spacial score (nSPS) is 24.7. The van der Waals surface area contributed by atoms with Gasteiger partial charge in [0.15, 0.2) is 0 Å². The van der Waals surface area contributed by atoms with Crippen LogP contribution in [0.4, 0.5) is 0 Å². The smallest absolute Gasteiger partial charge is 0.320 e. The molecule has 3 nitrogen and oxygen atoms in total. The van der Waals surface area contributed by atoms with Gasteiger partial charge in [0.2, 0.25) is 0 Å². The van der Waals surface area contributed by atoms with Crippen LogP contribution in [0.25, 0.3) is 0 Å². The van der Waals surface area contributed by atoms with Crippen LogP contribution in [0.2, 0.25) is 0 Å². The van der Waals surface area contributed by atoms with Crippen molar-refractivity contribution in [3.8, 4) is 0 Å². The first-order valence-electron chi connectivity index (χ1n) is 5.97. The number of hydrogen-bond acceptors (Lipinski definition) is 2. The molecule has 0 bridgehead atoms. The van der Waals surface area contributed by atoms with Crippen molar-refractivity contribution in [2.24, 2.45) is 11.8 Å². The number of carbonyl (C=O) groups is 1. The van der Waals surface area contributed by atoms with Gasteiger partial charge in [0, 0.05) is 6.54 Å². The largest absolute Gasteiger partial charge is 0.480 e. The van der Waals surface area contributed by atoms with Crippen molar-refractivity contribution in [2.45, 2.75) is 46.1 Å². The van der Waals surface area contributed by atoms with E-state index in [1.807, 2.05) is 0 Å². The summed E-state index contributed by atoms with van der Waals surface area (Å²) in [6.07, 6.45) is 3.04. The van der Waals surface area contributed by atoms with E-state index in [2.05, 4.69) is 25.7 Å². The number of likely N-dealkylation sites (tertiary alicyclic amines) is 1. The molecule has 1 N–H and O–H groups in total. The second-order valence-electron chi connectivity index (χ2n) is 5.23. The summed E-state index contributed by atoms with van der Waals surface area (Å²) in [5.74, 6) is 0.653. The van der Waals surface area contributed by atoms with Crippen LogP contribution in [0, 0.1) is 11.8 Å². The van der Waals surface area contributed by atoms with E-state index < -0.39 is 5.97 Å². The lowest BCUT2D eigenvalue weighted by Crippen LogP contribution is -2.38. The highest BCUT2D eigenvalue weighted by Gasteiger charge is 2.30. The summed E-state index contributed by atoms with van der Waals surface area (Å²) >= 11 is 0. The summed E-state index contributed by atoms with van der Waals surface area (Å²) < 4.78 is 0. The second kappa shape index (κ2) is 5.50. The highest BCUT2D eigenvalue weighted by Crippen LogP contribution is 2.21. The Hall–Kier alpha value is -0.570. The molecule has 0 amide bonds. The van der Waals surface area contributed by atoms with Crippen LogP contribution in [0.5, 0.6) is 0 Å². The molecule has 2 atom stereocenters. The van der Waals surface area contributed by atoms with Crippen molar-refractivity contribution in [3.05, 3.63) is 0 Å². The van der Waals surface area contributed by atoms with E-state index in [0.29, 0.717) is 11.8 Å². The van der Waals surface area contributed by atoms with Gasteiger partial charge in [-0.2, -0.15) is 0 Å². The van der Waals surface area contributed by atoms with Crippen LogP contribution < -0.4 is 0 Å². The van der Waals surface area contributed by atoms with Gasteiger partial charge in [-0.1, -0.05) is 20.8 Å². The molecule has 0 saturated carbocycles. The number of carboxylic acid groups (broad SMARTS) is 1. The zero-order chi connectivity index (χ0) is 11.4. The van der Waals surface area contributed by atoms with Gasteiger partial charge in [-0.3, -0.25) is 9.69 Å². The molecule has 1 heterocycles. The molecule has 0 radical (unpaired) electrons. The fourth-order valence-corrected chi connectivity index (χ4v) is 2.60. The van der Waals surface area contributed by atoms with E-state index in [1.165, 1.54) is 6.42 Å². The summed E-state index contributed by atoms with van der Waals surface area (Å²) in [6.45, 7) is 8.55. The molecular formula is C12H23NO2. The first kappa shape index (κ1) is 12.5. The minimum atomic E-state index is -0.649. The topological polar surface area (TPSA) is 40.5 Å². The molecule has 1 saturated heterocycles. The van der Waals surface area contributed by atoms with Crippen LogP contribution in [-0.2, 0) is 4.79 Å². The maximum atomic E-state index is 11.0. The van der Waals surface area contributed by atoms with Crippen molar-refractivity contribution in [1.82, 2.24) is 4.90 Å². The zero-order valence-corrected chi connectivity index (χ0v) is 10.1. The van der Waals surface area contributed by atoms with Gasteiger partial charge in [-0.25, -0.2) is 0 Å². The van der Waals surface area contributed by atoms with Gasteiger partial charge in [0.05, 0.1) is 0 Å². The molecule has 2 unspecified atom stereocenters. The third-order valence-corrected chi connectivity index (χ3v) is 3.07. The monoisotopic (exact) mass is 213 g/mol. The lowest BCUT2D eigenvalue weighted by Gasteiger charge is -2.25. The van der Waals surface area contributed by atoms with Gasteiger partial charge in [-0.05, 0) is 37.6 Å². The molecule has 0 aliphatic carbocycles. The summed E-state index contributed by atoms with van der Waals surface area (Å²) in [5.41, 5.74) is 0. The molecule has 1 fully saturated rings. The SMILES string of the molecule is CC(C)CC(C)CN1CCCC1C(=O)O. The molecule has 0 aromatic carbocycles. The van der Waals surface area contributed by atoms with Crippen LogP contribution in [-0.4, -0.2) is 35.1 Å². The predicted molar refractivity (Wildman–Crippen MR) is 60.8 cm³/mol. The summed E-state index contributed by atoms with van der Waals surface area (Å²) in [6, 6.07) is -0.223. The summed E-state index contributed by atoms with van der Waals surface area (Å²) in [5, 5.41) is 9.04. The van der Waals surface area contributed by atoms with Gasteiger partial charge in [0.1, 0.15) is 6.04 Å². The van der Waals surface area contributed by atoms with E-state index >= 15 is 0 Å². The van der Waals surface area contributed by atoms with E-state index in [4.69, 9.17) is 5.11 Å². The Morgan fingerprint density at radius 3 is 2.67 bits per heavy atom. The van der Waals surface area contributed by atoms with Crippen LogP contribution in [0.1, 0.15) is 40.0 Å². The summed E-state index contributed by atoms with van der Waals surface area (Å²) in [7, 11) is 0. The highest BCUT2D eigenvalue weighted by atomic mass is 16.4. The van der Waals surface area contributed by atoms with Gasteiger partial charge in [-0.15, -0.1) is 0 Å². The molecule has 3 heteroatoms. The Morgan fingerprint density at radius 1 is 1.47 bits per heavy atom. The fourth-order valence-electron chi connectivity index (χ4n) is 2.60. The van der Waals surface area contributed by atoms with Crippen LogP contribution in [0.15, 0.2) is 0 Å². The molecule has 15 heavy (non-hydrogen) atoms. The van der Waals surface area contributed by atoms with Crippen LogP contribution >= 0.6 is 0 Å². The van der Waals surface area contributed by atoms with Gasteiger partial charge in [0.25, 0.3) is 0 Å². The van der Waals surface area contributed by atoms with Crippen molar-refractivity contribution in [3.63, 3.8) is 0 Å². The standard InChI is InChI=1S/C12H23NO2/c1-9(2)7-10(3)8-13-6-4-5-11(13)12(14)15/h9-11H,4-8H2,1-3H3,(H,14,15). The predicted octanol–water partition coefficient (Wildman–Crippen LogP) is 2.22. The number of aliphatic carboxylic acids is 1. The summed E-state index contributed by atoms with van der Waals surface area (Å²) in [4.78, 5) is 13.1. The first-order chi connectivity index (χ1) is 7.00. The molecule has 1 aliphatic rings. The Labute approximate surface area is 92.5 Å². The quantitative estimate of drug-likeness (QED) is 0.761.